The van der Waals surface area contributed by atoms with Gasteiger partial charge in [0, 0.05) is 21.7 Å². The van der Waals surface area contributed by atoms with Crippen LogP contribution in [0.4, 0.5) is 5.95 Å². The van der Waals surface area contributed by atoms with E-state index in [-0.39, 0.29) is 23.6 Å². The van der Waals surface area contributed by atoms with Gasteiger partial charge < -0.3 is 19.9 Å². The first-order valence-corrected chi connectivity index (χ1v) is 10.2. The van der Waals surface area contributed by atoms with E-state index in [1.54, 1.807) is 12.1 Å². The van der Waals surface area contributed by atoms with Crippen molar-refractivity contribution in [1.82, 2.24) is 15.5 Å². The Bertz CT molecular complexity index is 1060. The molecule has 1 amide bonds. The Morgan fingerprint density at radius 1 is 1.10 bits per heavy atom. The van der Waals surface area contributed by atoms with Crippen LogP contribution in [-0.4, -0.2) is 33.7 Å². The van der Waals surface area contributed by atoms with Gasteiger partial charge in [-0.15, -0.1) is 0 Å². The number of halogens is 1. The second-order valence-electron chi connectivity index (χ2n) is 8.30. The topological polar surface area (TPSA) is 89.3 Å². The lowest BCUT2D eigenvalue weighted by Gasteiger charge is -2.70. The van der Waals surface area contributed by atoms with E-state index in [0.29, 0.717) is 22.6 Å². The molecule has 6 rings (SSSR count). The van der Waals surface area contributed by atoms with Gasteiger partial charge in [0.25, 0.3) is 17.7 Å². The second kappa shape index (κ2) is 7.02. The minimum absolute atomic E-state index is 0.0144. The van der Waals surface area contributed by atoms with E-state index < -0.39 is 0 Å². The quantitative estimate of drug-likeness (QED) is 0.596. The van der Waals surface area contributed by atoms with Crippen molar-refractivity contribution in [3.05, 3.63) is 59.1 Å². The molecule has 3 fully saturated rings. The molecular weight excluding hydrogens is 404 g/mol. The van der Waals surface area contributed by atoms with Crippen LogP contribution in [0.2, 0.25) is 5.02 Å². The predicted octanol–water partition coefficient (Wildman–Crippen LogP) is 3.98. The lowest BCUT2D eigenvalue weighted by molar-refractivity contribution is -0.135. The monoisotopic (exact) mass is 424 g/mol. The number of nitrogens with zero attached hydrogens (tertiary/aromatic N) is 2. The van der Waals surface area contributed by atoms with Gasteiger partial charge in [0.2, 0.25) is 0 Å². The summed E-state index contributed by atoms with van der Waals surface area (Å²) < 4.78 is 10.9. The van der Waals surface area contributed by atoms with Gasteiger partial charge in [0.15, 0.2) is 6.61 Å². The van der Waals surface area contributed by atoms with Gasteiger partial charge in [-0.2, -0.15) is 4.98 Å². The van der Waals surface area contributed by atoms with Gasteiger partial charge in [0.05, 0.1) is 0 Å². The van der Waals surface area contributed by atoms with Crippen molar-refractivity contribution in [2.45, 2.75) is 37.3 Å². The molecule has 0 atom stereocenters. The molecule has 3 aliphatic carbocycles. The Balaban J connectivity index is 1.11. The number of nitrogens with one attached hydrogen (secondary N) is 2. The van der Waals surface area contributed by atoms with E-state index in [9.17, 15) is 4.79 Å². The van der Waals surface area contributed by atoms with Crippen molar-refractivity contribution < 1.29 is 14.1 Å². The summed E-state index contributed by atoms with van der Waals surface area (Å²) in [4.78, 5) is 16.7. The summed E-state index contributed by atoms with van der Waals surface area (Å²) in [5.41, 5.74) is 1.74. The van der Waals surface area contributed by atoms with E-state index in [2.05, 4.69) is 20.8 Å². The minimum Gasteiger partial charge on any atom is -0.484 e. The average Bonchev–Trinajstić information content (AvgIpc) is 3.14. The molecule has 3 aliphatic rings. The molecule has 3 aromatic rings. The molecule has 1 heterocycles. The molecule has 2 N–H and O–H groups in total. The maximum atomic E-state index is 12.3. The molecule has 8 heteroatoms. The number of carbonyl (C=O) groups excluding carboxylic acids is 1. The van der Waals surface area contributed by atoms with Crippen LogP contribution < -0.4 is 15.4 Å². The number of anilines is 1. The molecule has 0 saturated heterocycles. The molecule has 30 heavy (non-hydrogen) atoms. The van der Waals surface area contributed by atoms with Crippen LogP contribution in [0.15, 0.2) is 53.1 Å². The zero-order chi connectivity index (χ0) is 20.8. The normalized spacial score (nSPS) is 23.8. The highest BCUT2D eigenvalue weighted by Gasteiger charge is 2.69. The van der Waals surface area contributed by atoms with Crippen LogP contribution in [0.5, 0.6) is 5.75 Å². The van der Waals surface area contributed by atoms with Crippen molar-refractivity contribution in [2.75, 3.05) is 11.9 Å². The first kappa shape index (κ1) is 18.9. The molecule has 7 nitrogen and oxygen atoms in total. The zero-order valence-electron chi connectivity index (χ0n) is 16.4. The van der Waals surface area contributed by atoms with Gasteiger partial charge >= 0.3 is 0 Å². The Morgan fingerprint density at radius 3 is 2.50 bits per heavy atom. The maximum absolute atomic E-state index is 12.3. The number of aryl methyl sites for hydroxylation is 1. The molecule has 1 aromatic heterocycles. The molecule has 2 bridgehead atoms. The van der Waals surface area contributed by atoms with Gasteiger partial charge in [0.1, 0.15) is 5.75 Å². The number of benzene rings is 2. The van der Waals surface area contributed by atoms with E-state index >= 15 is 0 Å². The Morgan fingerprint density at radius 2 is 1.80 bits per heavy atom. The Hall–Kier alpha value is -3.06. The van der Waals surface area contributed by atoms with Crippen LogP contribution in [-0.2, 0) is 4.79 Å². The minimum atomic E-state index is -0.149. The number of rotatable bonds is 7. The van der Waals surface area contributed by atoms with Crippen molar-refractivity contribution >= 4 is 23.5 Å². The number of amides is 1. The highest BCUT2D eigenvalue weighted by Crippen LogP contribution is 2.61. The number of hydrogen-bond acceptors (Lipinski definition) is 6. The molecule has 3 saturated carbocycles. The third-order valence-electron chi connectivity index (χ3n) is 5.72. The summed E-state index contributed by atoms with van der Waals surface area (Å²) in [5.74, 6) is 1.49. The number of hydrogen-bond donors (Lipinski definition) is 2. The standard InChI is InChI=1S/C22H21ClN4O3/c1-14-2-8-17(9-3-14)29-10-18(28)25-21-11-22(12-21,13-21)26-20-24-19(30-27-20)15-4-6-16(23)7-5-15/h2-9H,10-13H2,1H3,(H,25,28)(H,26,27). The van der Waals surface area contributed by atoms with E-state index in [1.165, 1.54) is 0 Å². The van der Waals surface area contributed by atoms with E-state index in [1.807, 2.05) is 43.3 Å². The highest BCUT2D eigenvalue weighted by atomic mass is 35.5. The first-order chi connectivity index (χ1) is 14.4. The van der Waals surface area contributed by atoms with Crippen LogP contribution >= 0.6 is 11.6 Å². The van der Waals surface area contributed by atoms with Crippen LogP contribution in [0, 0.1) is 6.92 Å². The molecule has 2 aromatic carbocycles. The van der Waals surface area contributed by atoms with Gasteiger partial charge in [-0.3, -0.25) is 4.79 Å². The van der Waals surface area contributed by atoms with Crippen molar-refractivity contribution in [3.8, 4) is 17.2 Å². The SMILES string of the molecule is Cc1ccc(OCC(=O)NC23CC(Nc4noc(-c5ccc(Cl)cc5)n4)(C2)C3)cc1. The molecule has 0 aliphatic heterocycles. The van der Waals surface area contributed by atoms with Gasteiger partial charge in [-0.25, -0.2) is 0 Å². The van der Waals surface area contributed by atoms with Crippen molar-refractivity contribution in [3.63, 3.8) is 0 Å². The van der Waals surface area contributed by atoms with E-state index in [0.717, 1.165) is 30.4 Å². The van der Waals surface area contributed by atoms with Crippen LogP contribution in [0.3, 0.4) is 0 Å². The smallest absolute Gasteiger partial charge is 0.264 e. The second-order valence-corrected chi connectivity index (χ2v) is 8.73. The number of carbonyl (C=O) groups is 1. The summed E-state index contributed by atoms with van der Waals surface area (Å²) in [7, 11) is 0. The van der Waals surface area contributed by atoms with Crippen LogP contribution in [0.1, 0.15) is 24.8 Å². The summed E-state index contributed by atoms with van der Waals surface area (Å²) in [5, 5.41) is 11.1. The van der Waals surface area contributed by atoms with Crippen molar-refractivity contribution in [1.29, 1.82) is 0 Å². The van der Waals surface area contributed by atoms with Gasteiger partial charge in [-0.05, 0) is 67.7 Å². The first-order valence-electron chi connectivity index (χ1n) is 9.81. The Kier molecular flexibility index (Phi) is 4.43. The van der Waals surface area contributed by atoms with Crippen molar-refractivity contribution in [2.24, 2.45) is 0 Å². The summed E-state index contributed by atoms with van der Waals surface area (Å²) in [6.45, 7) is 2.02. The van der Waals surface area contributed by atoms with Gasteiger partial charge in [-0.1, -0.05) is 29.3 Å². The fourth-order valence-electron chi connectivity index (χ4n) is 4.39. The average molecular weight is 425 g/mol. The third-order valence-corrected chi connectivity index (χ3v) is 5.97. The molecule has 0 spiro atoms. The van der Waals surface area contributed by atoms with Crippen LogP contribution in [0.25, 0.3) is 11.5 Å². The third kappa shape index (κ3) is 3.61. The lowest BCUT2D eigenvalue weighted by atomic mass is 9.44. The fourth-order valence-corrected chi connectivity index (χ4v) is 4.52. The molecular formula is C22H21ClN4O3. The lowest BCUT2D eigenvalue weighted by Crippen LogP contribution is -2.81. The molecule has 0 radical (unpaired) electrons. The van der Waals surface area contributed by atoms with E-state index in [4.69, 9.17) is 20.9 Å². The highest BCUT2D eigenvalue weighted by molar-refractivity contribution is 6.30. The number of aromatic nitrogens is 2. The fraction of sp³-hybridized carbons (Fsp3) is 0.318. The summed E-state index contributed by atoms with van der Waals surface area (Å²) in [6.07, 6.45) is 2.50. The molecule has 0 unspecified atom stereocenters. The Labute approximate surface area is 178 Å². The largest absolute Gasteiger partial charge is 0.484 e. The number of ether oxygens (including phenoxy) is 1. The summed E-state index contributed by atoms with van der Waals surface area (Å²) >= 11 is 5.91. The summed E-state index contributed by atoms with van der Waals surface area (Å²) in [6, 6.07) is 14.9. The maximum Gasteiger partial charge on any atom is 0.264 e. The predicted molar refractivity (Wildman–Crippen MR) is 112 cm³/mol. The molecule has 154 valence electrons. The zero-order valence-corrected chi connectivity index (χ0v) is 17.2.